The fourth-order valence-corrected chi connectivity index (χ4v) is 4.43. The second-order valence-corrected chi connectivity index (χ2v) is 8.15. The Morgan fingerprint density at radius 1 is 1.12 bits per heavy atom. The molecule has 0 unspecified atom stereocenters. The number of hydrogen-bond acceptors (Lipinski definition) is 6. The molecule has 174 valence electrons. The van der Waals surface area contributed by atoms with E-state index in [-0.39, 0.29) is 30.3 Å². The highest BCUT2D eigenvalue weighted by molar-refractivity contribution is 6.10. The van der Waals surface area contributed by atoms with Gasteiger partial charge in [0.2, 0.25) is 11.8 Å². The number of anilines is 1. The van der Waals surface area contributed by atoms with Crippen molar-refractivity contribution in [1.82, 2.24) is 15.5 Å². The standard InChI is InChI=1S/C24H28N4O5/c1-25-13-22(29)26-15-8-9-28-20(11-15)23(30)27-19-7-4-14(10-18(19)24(28)31)17-6-5-16(32-2)12-21(17)33-3/h4-7,10,12,15,20,25H,8-9,11,13H2,1-3H3,(H,26,29)(H,27,30)/t15-,20-/m0/s1. The maximum Gasteiger partial charge on any atom is 0.256 e. The minimum Gasteiger partial charge on any atom is -0.497 e. The Morgan fingerprint density at radius 2 is 1.94 bits per heavy atom. The van der Waals surface area contributed by atoms with Crippen LogP contribution in [0.4, 0.5) is 5.69 Å². The first-order chi connectivity index (χ1) is 15.9. The zero-order chi connectivity index (χ0) is 23.5. The third kappa shape index (κ3) is 4.49. The van der Waals surface area contributed by atoms with Crippen molar-refractivity contribution < 1.29 is 23.9 Å². The van der Waals surface area contributed by atoms with E-state index in [4.69, 9.17) is 9.47 Å². The molecule has 3 amide bonds. The van der Waals surface area contributed by atoms with Crippen LogP contribution in [0.5, 0.6) is 11.5 Å². The number of carbonyl (C=O) groups is 3. The molecule has 3 N–H and O–H groups in total. The highest BCUT2D eigenvalue weighted by Crippen LogP contribution is 2.36. The number of methoxy groups -OCH3 is 2. The quantitative estimate of drug-likeness (QED) is 0.615. The van der Waals surface area contributed by atoms with Crippen molar-refractivity contribution in [3.63, 3.8) is 0 Å². The van der Waals surface area contributed by atoms with Crippen LogP contribution in [0, 0.1) is 0 Å². The number of ether oxygens (including phenoxy) is 2. The van der Waals surface area contributed by atoms with Gasteiger partial charge in [0.15, 0.2) is 0 Å². The minimum atomic E-state index is -0.641. The second-order valence-electron chi connectivity index (χ2n) is 8.15. The molecule has 0 bridgehead atoms. The van der Waals surface area contributed by atoms with Crippen LogP contribution < -0.4 is 25.4 Å². The van der Waals surface area contributed by atoms with Crippen LogP contribution in [-0.2, 0) is 9.59 Å². The Hall–Kier alpha value is -3.59. The first kappa shape index (κ1) is 22.6. The van der Waals surface area contributed by atoms with E-state index in [0.29, 0.717) is 42.1 Å². The van der Waals surface area contributed by atoms with Gasteiger partial charge in [0.1, 0.15) is 17.5 Å². The van der Waals surface area contributed by atoms with Crippen LogP contribution in [0.25, 0.3) is 11.1 Å². The number of piperidine rings is 1. The molecule has 33 heavy (non-hydrogen) atoms. The molecule has 2 aliphatic heterocycles. The Kier molecular flexibility index (Phi) is 6.50. The second kappa shape index (κ2) is 9.50. The van der Waals surface area contributed by atoms with Crippen LogP contribution in [0.2, 0.25) is 0 Å². The van der Waals surface area contributed by atoms with E-state index in [2.05, 4.69) is 16.0 Å². The van der Waals surface area contributed by atoms with Gasteiger partial charge in [0.25, 0.3) is 5.91 Å². The largest absolute Gasteiger partial charge is 0.497 e. The van der Waals surface area contributed by atoms with Gasteiger partial charge in [-0.2, -0.15) is 0 Å². The molecule has 9 nitrogen and oxygen atoms in total. The molecule has 2 aromatic rings. The SMILES string of the molecule is CNCC(=O)N[C@H]1CCN2C(=O)c3cc(-c4ccc(OC)cc4OC)ccc3NC(=O)[C@@H]2C1. The number of carbonyl (C=O) groups excluding carboxylic acids is 3. The Bertz CT molecular complexity index is 1090. The predicted molar refractivity (Wildman–Crippen MR) is 124 cm³/mol. The summed E-state index contributed by atoms with van der Waals surface area (Å²) in [5, 5.41) is 8.65. The molecule has 4 rings (SSSR count). The topological polar surface area (TPSA) is 109 Å². The lowest BCUT2D eigenvalue weighted by molar-refractivity contribution is -0.124. The summed E-state index contributed by atoms with van der Waals surface area (Å²) in [5.41, 5.74) is 2.51. The fourth-order valence-electron chi connectivity index (χ4n) is 4.43. The van der Waals surface area contributed by atoms with Crippen molar-refractivity contribution >= 4 is 23.4 Å². The van der Waals surface area contributed by atoms with Crippen molar-refractivity contribution in [2.75, 3.05) is 39.7 Å². The van der Waals surface area contributed by atoms with Crippen molar-refractivity contribution in [2.24, 2.45) is 0 Å². The lowest BCUT2D eigenvalue weighted by Crippen LogP contribution is -2.55. The lowest BCUT2D eigenvalue weighted by atomic mass is 9.95. The first-order valence-corrected chi connectivity index (χ1v) is 10.9. The summed E-state index contributed by atoms with van der Waals surface area (Å²) in [5.74, 6) is 0.710. The summed E-state index contributed by atoms with van der Waals surface area (Å²) in [6, 6.07) is 10.1. The van der Waals surface area contributed by atoms with Crippen LogP contribution in [-0.4, -0.2) is 69.1 Å². The van der Waals surface area contributed by atoms with Gasteiger partial charge in [-0.25, -0.2) is 0 Å². The summed E-state index contributed by atoms with van der Waals surface area (Å²) >= 11 is 0. The van der Waals surface area contributed by atoms with E-state index in [1.54, 1.807) is 44.4 Å². The van der Waals surface area contributed by atoms with Gasteiger partial charge in [-0.3, -0.25) is 14.4 Å². The van der Waals surface area contributed by atoms with Gasteiger partial charge in [-0.05, 0) is 49.7 Å². The summed E-state index contributed by atoms with van der Waals surface area (Å²) in [7, 11) is 4.87. The lowest BCUT2D eigenvalue weighted by Gasteiger charge is -2.37. The molecule has 2 aliphatic rings. The molecule has 1 saturated heterocycles. The first-order valence-electron chi connectivity index (χ1n) is 10.9. The highest BCUT2D eigenvalue weighted by Gasteiger charge is 2.40. The number of nitrogens with one attached hydrogen (secondary N) is 3. The minimum absolute atomic E-state index is 0.127. The van der Waals surface area contributed by atoms with Crippen LogP contribution >= 0.6 is 0 Å². The molecule has 2 heterocycles. The van der Waals surface area contributed by atoms with Gasteiger partial charge in [0, 0.05) is 24.2 Å². The van der Waals surface area contributed by atoms with Crippen molar-refractivity contribution in [2.45, 2.75) is 24.9 Å². The molecule has 0 radical (unpaired) electrons. The van der Waals surface area contributed by atoms with Crippen LogP contribution in [0.15, 0.2) is 36.4 Å². The number of rotatable bonds is 6. The predicted octanol–water partition coefficient (Wildman–Crippen LogP) is 1.63. The normalized spacial score (nSPS) is 19.7. The molecule has 9 heteroatoms. The van der Waals surface area contributed by atoms with Crippen LogP contribution in [0.3, 0.4) is 0 Å². The number of hydrogen-bond donors (Lipinski definition) is 3. The molecule has 0 aliphatic carbocycles. The number of benzene rings is 2. The molecular formula is C24H28N4O5. The van der Waals surface area contributed by atoms with E-state index >= 15 is 0 Å². The fraction of sp³-hybridized carbons (Fsp3) is 0.375. The summed E-state index contributed by atoms with van der Waals surface area (Å²) in [6.07, 6.45) is 0.965. The monoisotopic (exact) mass is 452 g/mol. The zero-order valence-corrected chi connectivity index (χ0v) is 18.9. The highest BCUT2D eigenvalue weighted by atomic mass is 16.5. The summed E-state index contributed by atoms with van der Waals surface area (Å²) in [6.45, 7) is 0.593. The maximum absolute atomic E-state index is 13.5. The summed E-state index contributed by atoms with van der Waals surface area (Å²) in [4.78, 5) is 40.0. The van der Waals surface area contributed by atoms with E-state index < -0.39 is 6.04 Å². The Labute approximate surface area is 192 Å². The molecule has 0 aromatic heterocycles. The average molecular weight is 453 g/mol. The van der Waals surface area contributed by atoms with Gasteiger partial charge < -0.3 is 30.3 Å². The van der Waals surface area contributed by atoms with Crippen molar-refractivity contribution in [3.8, 4) is 22.6 Å². The molecule has 2 aromatic carbocycles. The Balaban J connectivity index is 1.62. The van der Waals surface area contributed by atoms with Crippen molar-refractivity contribution in [3.05, 3.63) is 42.0 Å². The molecule has 1 fully saturated rings. The number of amides is 3. The van der Waals surface area contributed by atoms with E-state index in [1.165, 1.54) is 0 Å². The average Bonchev–Trinajstić information content (AvgIpc) is 2.92. The zero-order valence-electron chi connectivity index (χ0n) is 18.9. The number of likely N-dealkylation sites (N-methyl/N-ethyl adjacent to an activating group) is 1. The number of fused-ring (bicyclic) bond motifs is 2. The number of nitrogens with zero attached hydrogens (tertiary/aromatic N) is 1. The van der Waals surface area contributed by atoms with Gasteiger partial charge >= 0.3 is 0 Å². The van der Waals surface area contributed by atoms with Gasteiger partial charge in [-0.1, -0.05) is 6.07 Å². The molecule has 2 atom stereocenters. The third-order valence-corrected chi connectivity index (χ3v) is 6.10. The maximum atomic E-state index is 13.5. The van der Waals surface area contributed by atoms with E-state index in [1.807, 2.05) is 18.2 Å². The Morgan fingerprint density at radius 3 is 2.67 bits per heavy atom. The van der Waals surface area contributed by atoms with Crippen LogP contribution in [0.1, 0.15) is 23.2 Å². The smallest absolute Gasteiger partial charge is 0.256 e. The van der Waals surface area contributed by atoms with E-state index in [0.717, 1.165) is 11.1 Å². The summed E-state index contributed by atoms with van der Waals surface area (Å²) < 4.78 is 10.8. The molecule has 0 saturated carbocycles. The van der Waals surface area contributed by atoms with Gasteiger partial charge in [-0.15, -0.1) is 0 Å². The molecular weight excluding hydrogens is 424 g/mol. The molecule has 0 spiro atoms. The third-order valence-electron chi connectivity index (χ3n) is 6.10. The van der Waals surface area contributed by atoms with Crippen molar-refractivity contribution in [1.29, 1.82) is 0 Å². The van der Waals surface area contributed by atoms with E-state index in [9.17, 15) is 14.4 Å². The van der Waals surface area contributed by atoms with Gasteiger partial charge in [0.05, 0.1) is 32.0 Å².